The molecule has 0 heterocycles. The monoisotopic (exact) mass is 267 g/mol. The Morgan fingerprint density at radius 2 is 2.11 bits per heavy atom. The van der Waals surface area contributed by atoms with Crippen LogP contribution in [0.25, 0.3) is 0 Å². The first kappa shape index (κ1) is 15.3. The predicted octanol–water partition coefficient (Wildman–Crippen LogP) is 2.65. The highest BCUT2D eigenvalue weighted by Gasteiger charge is 2.41. The molecule has 1 N–H and O–H groups in total. The van der Waals surface area contributed by atoms with Gasteiger partial charge in [0.25, 0.3) is 0 Å². The molecule has 0 amide bonds. The van der Waals surface area contributed by atoms with E-state index < -0.39 is 12.1 Å². The van der Waals surface area contributed by atoms with Gasteiger partial charge in [0, 0.05) is 12.6 Å². The Hall–Kier alpha value is -0.780. The van der Waals surface area contributed by atoms with Crippen LogP contribution in [0.2, 0.25) is 0 Å². The largest absolute Gasteiger partial charge is 0.466 e. The second-order valence-electron chi connectivity index (χ2n) is 4.61. The van der Waals surface area contributed by atoms with Crippen molar-refractivity contribution >= 4 is 5.97 Å². The van der Waals surface area contributed by atoms with Gasteiger partial charge in [0.1, 0.15) is 0 Å². The smallest absolute Gasteiger partial charge is 0.391 e. The number of hydrogen-bond acceptors (Lipinski definition) is 3. The molecule has 0 saturated heterocycles. The lowest BCUT2D eigenvalue weighted by Gasteiger charge is -2.31. The number of carbonyl (C=O) groups is 1. The molecule has 0 bridgehead atoms. The quantitative estimate of drug-likeness (QED) is 0.778. The second-order valence-corrected chi connectivity index (χ2v) is 4.61. The maximum absolute atomic E-state index is 12.6. The van der Waals surface area contributed by atoms with Gasteiger partial charge in [-0.25, -0.2) is 0 Å². The van der Waals surface area contributed by atoms with E-state index in [9.17, 15) is 18.0 Å². The van der Waals surface area contributed by atoms with Crippen molar-refractivity contribution in [2.75, 3.05) is 13.2 Å². The van der Waals surface area contributed by atoms with E-state index in [1.807, 2.05) is 0 Å². The molecule has 1 aliphatic rings. The number of nitrogens with one attached hydrogen (secondary N) is 1. The average molecular weight is 267 g/mol. The first-order valence-electron chi connectivity index (χ1n) is 6.39. The summed E-state index contributed by atoms with van der Waals surface area (Å²) in [6.45, 7) is 2.44. The van der Waals surface area contributed by atoms with Gasteiger partial charge in [0.2, 0.25) is 0 Å². The van der Waals surface area contributed by atoms with Gasteiger partial charge >= 0.3 is 12.1 Å². The number of carbonyl (C=O) groups excluding carboxylic acids is 1. The van der Waals surface area contributed by atoms with E-state index in [1.54, 1.807) is 6.92 Å². The van der Waals surface area contributed by atoms with Crippen molar-refractivity contribution in [3.05, 3.63) is 0 Å². The van der Waals surface area contributed by atoms with E-state index in [-0.39, 0.29) is 31.3 Å². The van der Waals surface area contributed by atoms with E-state index in [1.165, 1.54) is 0 Å². The third-order valence-corrected chi connectivity index (χ3v) is 3.20. The van der Waals surface area contributed by atoms with Crippen LogP contribution in [-0.4, -0.2) is 31.3 Å². The van der Waals surface area contributed by atoms with Crippen molar-refractivity contribution in [3.8, 4) is 0 Å². The summed E-state index contributed by atoms with van der Waals surface area (Å²) in [5.41, 5.74) is 0. The van der Waals surface area contributed by atoms with E-state index >= 15 is 0 Å². The molecule has 3 nitrogen and oxygen atoms in total. The van der Waals surface area contributed by atoms with E-state index in [0.29, 0.717) is 19.6 Å². The summed E-state index contributed by atoms with van der Waals surface area (Å²) in [6.07, 6.45) is -2.22. The summed E-state index contributed by atoms with van der Waals surface area (Å²) < 4.78 is 42.4. The Morgan fingerprint density at radius 3 is 2.72 bits per heavy atom. The van der Waals surface area contributed by atoms with Gasteiger partial charge in [-0.2, -0.15) is 13.2 Å². The fraction of sp³-hybridized carbons (Fsp3) is 0.917. The first-order valence-corrected chi connectivity index (χ1v) is 6.39. The van der Waals surface area contributed by atoms with Crippen molar-refractivity contribution < 1.29 is 22.7 Å². The minimum absolute atomic E-state index is 0.117. The molecule has 6 heteroatoms. The predicted molar refractivity (Wildman–Crippen MR) is 61.1 cm³/mol. The number of alkyl halides is 3. The molecule has 18 heavy (non-hydrogen) atoms. The molecule has 2 unspecified atom stereocenters. The van der Waals surface area contributed by atoms with Gasteiger partial charge in [-0.05, 0) is 26.2 Å². The Bertz CT molecular complexity index is 269. The summed E-state index contributed by atoms with van der Waals surface area (Å²) in [6, 6.07) is -0.139. The summed E-state index contributed by atoms with van der Waals surface area (Å²) in [4.78, 5) is 11.1. The molecule has 0 radical (unpaired) electrons. The van der Waals surface area contributed by atoms with Crippen LogP contribution in [0.15, 0.2) is 0 Å². The normalized spacial score (nSPS) is 24.9. The molecule has 106 valence electrons. The molecule has 0 aromatic rings. The highest BCUT2D eigenvalue weighted by atomic mass is 19.4. The molecule has 0 aromatic carbocycles. The number of rotatable bonds is 5. The van der Waals surface area contributed by atoms with Gasteiger partial charge in [0.15, 0.2) is 0 Å². The molecule has 0 aromatic heterocycles. The Labute approximate surface area is 105 Å². The molecule has 1 rings (SSSR count). The van der Waals surface area contributed by atoms with Crippen molar-refractivity contribution in [2.24, 2.45) is 5.92 Å². The molecular formula is C12H20F3NO2. The SMILES string of the molecule is CCOC(=O)CCNC1CCCC(C(F)(F)F)C1. The lowest BCUT2D eigenvalue weighted by Crippen LogP contribution is -2.39. The topological polar surface area (TPSA) is 38.3 Å². The summed E-state index contributed by atoms with van der Waals surface area (Å²) in [5.74, 6) is -1.51. The number of halogens is 3. The van der Waals surface area contributed by atoms with Crippen LogP contribution in [0.3, 0.4) is 0 Å². The highest BCUT2D eigenvalue weighted by Crippen LogP contribution is 2.37. The van der Waals surface area contributed by atoms with E-state index in [2.05, 4.69) is 5.32 Å². The standard InChI is InChI=1S/C12H20F3NO2/c1-2-18-11(17)6-7-16-10-5-3-4-9(8-10)12(13,14)15/h9-10,16H,2-8H2,1H3. The third-order valence-electron chi connectivity index (χ3n) is 3.20. The fourth-order valence-corrected chi connectivity index (χ4v) is 2.28. The van der Waals surface area contributed by atoms with E-state index in [4.69, 9.17) is 4.74 Å². The van der Waals surface area contributed by atoms with Crippen LogP contribution in [0.5, 0.6) is 0 Å². The summed E-state index contributed by atoms with van der Waals surface area (Å²) in [5, 5.41) is 3.01. The number of ether oxygens (including phenoxy) is 1. The minimum Gasteiger partial charge on any atom is -0.466 e. The van der Waals surface area contributed by atoms with Crippen LogP contribution in [0.1, 0.15) is 39.0 Å². The second kappa shape index (κ2) is 6.97. The summed E-state index contributed by atoms with van der Waals surface area (Å²) >= 11 is 0. The third kappa shape index (κ3) is 5.25. The molecule has 2 atom stereocenters. The molecule has 1 aliphatic carbocycles. The zero-order chi connectivity index (χ0) is 13.6. The van der Waals surface area contributed by atoms with Crippen LogP contribution in [-0.2, 0) is 9.53 Å². The first-order chi connectivity index (χ1) is 8.43. The van der Waals surface area contributed by atoms with Crippen molar-refractivity contribution in [2.45, 2.75) is 51.2 Å². The maximum atomic E-state index is 12.6. The minimum atomic E-state index is -4.10. The maximum Gasteiger partial charge on any atom is 0.391 e. The van der Waals surface area contributed by atoms with Gasteiger partial charge in [-0.3, -0.25) is 4.79 Å². The van der Waals surface area contributed by atoms with Crippen LogP contribution in [0.4, 0.5) is 13.2 Å². The molecule has 0 aliphatic heterocycles. The molecule has 1 fully saturated rings. The van der Waals surface area contributed by atoms with E-state index in [0.717, 1.165) is 6.42 Å². The van der Waals surface area contributed by atoms with Crippen LogP contribution < -0.4 is 5.32 Å². The van der Waals surface area contributed by atoms with Gasteiger partial charge in [-0.1, -0.05) is 6.42 Å². The number of hydrogen-bond donors (Lipinski definition) is 1. The zero-order valence-electron chi connectivity index (χ0n) is 10.6. The molecule has 1 saturated carbocycles. The highest BCUT2D eigenvalue weighted by molar-refractivity contribution is 5.69. The average Bonchev–Trinajstić information content (AvgIpc) is 2.29. The Balaban J connectivity index is 2.24. The van der Waals surface area contributed by atoms with Gasteiger partial charge < -0.3 is 10.1 Å². The number of esters is 1. The lowest BCUT2D eigenvalue weighted by atomic mass is 9.85. The summed E-state index contributed by atoms with van der Waals surface area (Å²) in [7, 11) is 0. The van der Waals surface area contributed by atoms with Crippen LogP contribution >= 0.6 is 0 Å². The van der Waals surface area contributed by atoms with Gasteiger partial charge in [0.05, 0.1) is 18.9 Å². The van der Waals surface area contributed by atoms with Crippen LogP contribution in [0, 0.1) is 5.92 Å². The van der Waals surface area contributed by atoms with Crippen molar-refractivity contribution in [3.63, 3.8) is 0 Å². The van der Waals surface area contributed by atoms with Crippen molar-refractivity contribution in [1.82, 2.24) is 5.32 Å². The molecular weight excluding hydrogens is 247 g/mol. The Kier molecular flexibility index (Phi) is 5.91. The fourth-order valence-electron chi connectivity index (χ4n) is 2.28. The zero-order valence-corrected chi connectivity index (χ0v) is 10.6. The van der Waals surface area contributed by atoms with Gasteiger partial charge in [-0.15, -0.1) is 0 Å². The molecule has 0 spiro atoms. The lowest BCUT2D eigenvalue weighted by molar-refractivity contribution is -0.183. The van der Waals surface area contributed by atoms with Crippen molar-refractivity contribution in [1.29, 1.82) is 0 Å². The Morgan fingerprint density at radius 1 is 1.39 bits per heavy atom.